The van der Waals surface area contributed by atoms with Gasteiger partial charge in [0.25, 0.3) is 5.91 Å². The van der Waals surface area contributed by atoms with E-state index in [1.54, 1.807) is 25.4 Å². The summed E-state index contributed by atoms with van der Waals surface area (Å²) in [4.78, 5) is 15.9. The molecule has 0 aliphatic heterocycles. The van der Waals surface area contributed by atoms with E-state index in [9.17, 15) is 4.79 Å². The summed E-state index contributed by atoms with van der Waals surface area (Å²) in [5, 5.41) is 6.40. The van der Waals surface area contributed by atoms with Crippen LogP contribution in [0.15, 0.2) is 42.6 Å². The highest BCUT2D eigenvalue weighted by atomic mass is 35.5. The number of anilines is 1. The van der Waals surface area contributed by atoms with E-state index < -0.39 is 0 Å². The number of carbonyl (C=O) groups is 1. The Labute approximate surface area is 134 Å². The number of nitrogens with one attached hydrogen (secondary N) is 2. The second-order valence-electron chi connectivity index (χ2n) is 4.58. The van der Waals surface area contributed by atoms with Crippen LogP contribution in [-0.2, 0) is 11.3 Å². The number of hydrogen-bond acceptors (Lipinski definition) is 4. The van der Waals surface area contributed by atoms with Crippen LogP contribution in [0.1, 0.15) is 15.9 Å². The summed E-state index contributed by atoms with van der Waals surface area (Å²) in [6.45, 7) is 1.59. The molecule has 116 valence electrons. The quantitative estimate of drug-likeness (QED) is 0.770. The Bertz CT molecular complexity index is 617. The number of ether oxygens (including phenoxy) is 1. The molecule has 0 bridgehead atoms. The topological polar surface area (TPSA) is 63.2 Å². The van der Waals surface area contributed by atoms with Crippen LogP contribution in [0.2, 0.25) is 5.02 Å². The maximum absolute atomic E-state index is 11.7. The summed E-state index contributed by atoms with van der Waals surface area (Å²) >= 11 is 5.83. The minimum atomic E-state index is -0.169. The zero-order chi connectivity index (χ0) is 15.8. The van der Waals surface area contributed by atoms with Crippen molar-refractivity contribution in [1.29, 1.82) is 0 Å². The van der Waals surface area contributed by atoms with Crippen molar-refractivity contribution in [3.8, 4) is 0 Å². The highest BCUT2D eigenvalue weighted by molar-refractivity contribution is 6.30. The Morgan fingerprint density at radius 3 is 2.77 bits per heavy atom. The average Bonchev–Trinajstić information content (AvgIpc) is 2.56. The first-order valence-electron chi connectivity index (χ1n) is 6.94. The minimum Gasteiger partial charge on any atom is -0.375 e. The molecule has 0 fully saturated rings. The number of rotatable bonds is 7. The van der Waals surface area contributed by atoms with Gasteiger partial charge in [-0.05, 0) is 29.8 Å². The number of carbonyl (C=O) groups excluding carboxylic acids is 1. The van der Waals surface area contributed by atoms with Crippen LogP contribution in [0.5, 0.6) is 0 Å². The number of benzene rings is 1. The molecule has 0 aliphatic carbocycles. The molecular formula is C16H18ClN3O2. The van der Waals surface area contributed by atoms with Gasteiger partial charge in [0.1, 0.15) is 5.82 Å². The summed E-state index contributed by atoms with van der Waals surface area (Å²) in [5.74, 6) is 0.384. The monoisotopic (exact) mass is 319 g/mol. The van der Waals surface area contributed by atoms with Gasteiger partial charge in [-0.3, -0.25) is 4.79 Å². The average molecular weight is 320 g/mol. The molecular weight excluding hydrogens is 302 g/mol. The largest absolute Gasteiger partial charge is 0.375 e. The predicted molar refractivity (Wildman–Crippen MR) is 87.2 cm³/mol. The highest BCUT2D eigenvalue weighted by Gasteiger charge is 2.09. The molecule has 0 aliphatic rings. The fraction of sp³-hybridized carbons (Fsp3) is 0.250. The SMILES string of the molecule is CNC(=O)c1cccnc1NCCOCc1ccc(Cl)cc1. The van der Waals surface area contributed by atoms with Crippen LogP contribution in [0, 0.1) is 0 Å². The zero-order valence-corrected chi connectivity index (χ0v) is 13.1. The van der Waals surface area contributed by atoms with E-state index in [0.717, 1.165) is 5.56 Å². The van der Waals surface area contributed by atoms with E-state index >= 15 is 0 Å². The molecule has 0 spiro atoms. The Hall–Kier alpha value is -2.11. The Morgan fingerprint density at radius 1 is 1.27 bits per heavy atom. The van der Waals surface area contributed by atoms with E-state index in [4.69, 9.17) is 16.3 Å². The first-order chi connectivity index (χ1) is 10.7. The van der Waals surface area contributed by atoms with Gasteiger partial charge in [-0.1, -0.05) is 23.7 Å². The van der Waals surface area contributed by atoms with Crippen LogP contribution in [-0.4, -0.2) is 31.1 Å². The molecule has 5 nitrogen and oxygen atoms in total. The van der Waals surface area contributed by atoms with E-state index in [2.05, 4.69) is 15.6 Å². The van der Waals surface area contributed by atoms with E-state index in [-0.39, 0.29) is 5.91 Å². The number of halogens is 1. The minimum absolute atomic E-state index is 0.169. The molecule has 0 saturated carbocycles. The predicted octanol–water partition coefficient (Wildman–Crippen LogP) is 2.72. The smallest absolute Gasteiger partial charge is 0.254 e. The summed E-state index contributed by atoms with van der Waals surface area (Å²) in [6, 6.07) is 11.0. The highest BCUT2D eigenvalue weighted by Crippen LogP contribution is 2.11. The maximum Gasteiger partial charge on any atom is 0.254 e. The Morgan fingerprint density at radius 2 is 2.05 bits per heavy atom. The van der Waals surface area contributed by atoms with E-state index in [1.807, 2.05) is 24.3 Å². The van der Waals surface area contributed by atoms with Gasteiger partial charge in [-0.25, -0.2) is 4.98 Å². The third-order valence-corrected chi connectivity index (χ3v) is 3.25. The van der Waals surface area contributed by atoms with Crippen molar-refractivity contribution in [1.82, 2.24) is 10.3 Å². The number of pyridine rings is 1. The molecule has 2 rings (SSSR count). The Balaban J connectivity index is 1.77. The van der Waals surface area contributed by atoms with Crippen LogP contribution < -0.4 is 10.6 Å². The lowest BCUT2D eigenvalue weighted by molar-refractivity contribution is 0.0963. The van der Waals surface area contributed by atoms with Crippen molar-refractivity contribution in [3.05, 3.63) is 58.7 Å². The number of aromatic nitrogens is 1. The number of nitrogens with zero attached hydrogens (tertiary/aromatic N) is 1. The van der Waals surface area contributed by atoms with Gasteiger partial charge in [0.15, 0.2) is 0 Å². The first-order valence-corrected chi connectivity index (χ1v) is 7.31. The molecule has 22 heavy (non-hydrogen) atoms. The van der Waals surface area contributed by atoms with Crippen molar-refractivity contribution in [3.63, 3.8) is 0 Å². The molecule has 1 aromatic heterocycles. The number of hydrogen-bond donors (Lipinski definition) is 2. The van der Waals surface area contributed by atoms with Crippen LogP contribution >= 0.6 is 11.6 Å². The third-order valence-electron chi connectivity index (χ3n) is 3.00. The molecule has 1 aromatic carbocycles. The molecule has 2 aromatic rings. The normalized spacial score (nSPS) is 10.3. The first kappa shape index (κ1) is 16.3. The van der Waals surface area contributed by atoms with Crippen LogP contribution in [0.25, 0.3) is 0 Å². The van der Waals surface area contributed by atoms with Crippen molar-refractivity contribution in [2.45, 2.75) is 6.61 Å². The third kappa shape index (κ3) is 4.72. The lowest BCUT2D eigenvalue weighted by Gasteiger charge is -2.10. The summed E-state index contributed by atoms with van der Waals surface area (Å²) < 4.78 is 5.57. The summed E-state index contributed by atoms with van der Waals surface area (Å²) in [6.07, 6.45) is 1.64. The van der Waals surface area contributed by atoms with E-state index in [1.165, 1.54) is 0 Å². The maximum atomic E-state index is 11.7. The fourth-order valence-corrected chi connectivity index (χ4v) is 2.00. The molecule has 1 amide bonds. The van der Waals surface area contributed by atoms with Gasteiger partial charge in [0, 0.05) is 24.8 Å². The van der Waals surface area contributed by atoms with Crippen LogP contribution in [0.3, 0.4) is 0 Å². The lowest BCUT2D eigenvalue weighted by Crippen LogP contribution is -2.21. The van der Waals surface area contributed by atoms with Gasteiger partial charge in [0.05, 0.1) is 18.8 Å². The number of amides is 1. The van der Waals surface area contributed by atoms with Gasteiger partial charge in [-0.2, -0.15) is 0 Å². The molecule has 0 unspecified atom stereocenters. The van der Waals surface area contributed by atoms with Gasteiger partial charge >= 0.3 is 0 Å². The zero-order valence-electron chi connectivity index (χ0n) is 12.3. The van der Waals surface area contributed by atoms with Crippen molar-refractivity contribution < 1.29 is 9.53 Å². The van der Waals surface area contributed by atoms with Gasteiger partial charge in [-0.15, -0.1) is 0 Å². The van der Waals surface area contributed by atoms with Gasteiger partial charge < -0.3 is 15.4 Å². The standard InChI is InChI=1S/C16H18ClN3O2/c1-18-16(21)14-3-2-8-19-15(14)20-9-10-22-11-12-4-6-13(17)7-5-12/h2-8H,9-11H2,1H3,(H,18,21)(H,19,20). The second-order valence-corrected chi connectivity index (χ2v) is 5.02. The molecule has 1 heterocycles. The van der Waals surface area contributed by atoms with Gasteiger partial charge in [0.2, 0.25) is 0 Å². The Kier molecular flexibility index (Phi) is 6.18. The molecule has 2 N–H and O–H groups in total. The summed E-state index contributed by atoms with van der Waals surface area (Å²) in [5.41, 5.74) is 1.58. The van der Waals surface area contributed by atoms with Crippen molar-refractivity contribution in [2.75, 3.05) is 25.5 Å². The molecule has 0 atom stereocenters. The molecule has 0 radical (unpaired) electrons. The molecule has 6 heteroatoms. The summed E-state index contributed by atoms with van der Waals surface area (Å²) in [7, 11) is 1.59. The van der Waals surface area contributed by atoms with Crippen LogP contribution in [0.4, 0.5) is 5.82 Å². The van der Waals surface area contributed by atoms with Crippen molar-refractivity contribution >= 4 is 23.3 Å². The lowest BCUT2D eigenvalue weighted by atomic mass is 10.2. The fourth-order valence-electron chi connectivity index (χ4n) is 1.88. The van der Waals surface area contributed by atoms with E-state index in [0.29, 0.717) is 36.2 Å². The second kappa shape index (κ2) is 8.36. The van der Waals surface area contributed by atoms with Crippen molar-refractivity contribution in [2.24, 2.45) is 0 Å². The molecule has 0 saturated heterocycles.